The van der Waals surface area contributed by atoms with Gasteiger partial charge in [-0.3, -0.25) is 0 Å². The Morgan fingerprint density at radius 2 is 2.00 bits per heavy atom. The van der Waals surface area contributed by atoms with Crippen LogP contribution in [-0.4, -0.2) is 70.0 Å². The standard InChI is InChI=1S/C12H24N2O4S/c1-14(5-8-19(2,15)16)11-9-12(4-3-10(11)13)17-6-7-18-12/h10-11H,3-9,13H2,1-2H3. The molecule has 1 heterocycles. The number of ether oxygens (including phenoxy) is 2. The third kappa shape index (κ3) is 3.88. The predicted molar refractivity (Wildman–Crippen MR) is 72.6 cm³/mol. The van der Waals surface area contributed by atoms with E-state index in [4.69, 9.17) is 15.2 Å². The molecule has 7 heteroatoms. The molecule has 2 N–H and O–H groups in total. The van der Waals surface area contributed by atoms with Gasteiger partial charge in [0, 0.05) is 37.7 Å². The quantitative estimate of drug-likeness (QED) is 0.758. The lowest BCUT2D eigenvalue weighted by atomic mass is 9.85. The summed E-state index contributed by atoms with van der Waals surface area (Å²) in [5.74, 6) is -0.332. The van der Waals surface area contributed by atoms with Crippen LogP contribution in [0.25, 0.3) is 0 Å². The van der Waals surface area contributed by atoms with Crippen molar-refractivity contribution in [2.75, 3.05) is 38.8 Å². The zero-order chi connectivity index (χ0) is 14.1. The third-order valence-electron chi connectivity index (χ3n) is 4.07. The Morgan fingerprint density at radius 3 is 2.58 bits per heavy atom. The molecule has 19 heavy (non-hydrogen) atoms. The van der Waals surface area contributed by atoms with E-state index in [1.54, 1.807) is 0 Å². The van der Waals surface area contributed by atoms with Gasteiger partial charge in [0.2, 0.25) is 0 Å². The normalized spacial score (nSPS) is 31.2. The van der Waals surface area contributed by atoms with Crippen molar-refractivity contribution in [3.8, 4) is 0 Å². The minimum Gasteiger partial charge on any atom is -0.347 e. The van der Waals surface area contributed by atoms with Crippen molar-refractivity contribution in [1.82, 2.24) is 4.90 Å². The Morgan fingerprint density at radius 1 is 1.37 bits per heavy atom. The first-order chi connectivity index (χ1) is 8.81. The molecule has 0 aromatic heterocycles. The summed E-state index contributed by atoms with van der Waals surface area (Å²) in [6.45, 7) is 1.76. The number of sulfone groups is 1. The van der Waals surface area contributed by atoms with Gasteiger partial charge in [-0.05, 0) is 13.5 Å². The van der Waals surface area contributed by atoms with E-state index in [0.29, 0.717) is 26.2 Å². The second-order valence-electron chi connectivity index (χ2n) is 5.69. The fourth-order valence-electron chi connectivity index (χ4n) is 2.87. The fourth-order valence-corrected chi connectivity index (χ4v) is 3.49. The number of nitrogens with zero attached hydrogens (tertiary/aromatic N) is 1. The molecule has 1 saturated carbocycles. The van der Waals surface area contributed by atoms with Crippen molar-refractivity contribution >= 4 is 9.84 Å². The smallest absolute Gasteiger partial charge is 0.170 e. The number of hydrogen-bond acceptors (Lipinski definition) is 6. The Kier molecular flexibility index (Phi) is 4.52. The maximum atomic E-state index is 11.2. The highest BCUT2D eigenvalue weighted by atomic mass is 32.2. The van der Waals surface area contributed by atoms with Crippen LogP contribution in [0.5, 0.6) is 0 Å². The number of rotatable bonds is 4. The second kappa shape index (κ2) is 5.65. The molecule has 112 valence electrons. The lowest BCUT2D eigenvalue weighted by molar-refractivity contribution is -0.190. The van der Waals surface area contributed by atoms with Crippen LogP contribution < -0.4 is 5.73 Å². The van der Waals surface area contributed by atoms with E-state index >= 15 is 0 Å². The Bertz CT molecular complexity index is 406. The largest absolute Gasteiger partial charge is 0.347 e. The molecule has 1 saturated heterocycles. The minimum absolute atomic E-state index is 0.0444. The number of nitrogens with two attached hydrogens (primary N) is 1. The van der Waals surface area contributed by atoms with E-state index in [0.717, 1.165) is 12.8 Å². The highest BCUT2D eigenvalue weighted by molar-refractivity contribution is 7.90. The molecule has 1 aliphatic heterocycles. The molecule has 0 aromatic carbocycles. The summed E-state index contributed by atoms with van der Waals surface area (Å²) in [4.78, 5) is 2.03. The summed E-state index contributed by atoms with van der Waals surface area (Å²) in [5.41, 5.74) is 6.17. The lowest BCUT2D eigenvalue weighted by Crippen LogP contribution is -2.56. The second-order valence-corrected chi connectivity index (χ2v) is 7.95. The Labute approximate surface area is 115 Å². The van der Waals surface area contributed by atoms with E-state index in [1.165, 1.54) is 6.26 Å². The van der Waals surface area contributed by atoms with Crippen molar-refractivity contribution in [3.05, 3.63) is 0 Å². The van der Waals surface area contributed by atoms with Gasteiger partial charge in [0.1, 0.15) is 9.84 Å². The summed E-state index contributed by atoms with van der Waals surface area (Å²) in [7, 11) is -1.03. The van der Waals surface area contributed by atoms with Crippen LogP contribution in [0.1, 0.15) is 19.3 Å². The van der Waals surface area contributed by atoms with Crippen LogP contribution in [-0.2, 0) is 19.3 Å². The van der Waals surface area contributed by atoms with Crippen LogP contribution in [0.4, 0.5) is 0 Å². The van der Waals surface area contributed by atoms with Gasteiger partial charge in [0.25, 0.3) is 0 Å². The van der Waals surface area contributed by atoms with Crippen molar-refractivity contribution in [2.45, 2.75) is 37.1 Å². The van der Waals surface area contributed by atoms with E-state index in [2.05, 4.69) is 0 Å². The van der Waals surface area contributed by atoms with Crippen molar-refractivity contribution in [3.63, 3.8) is 0 Å². The molecule has 0 bridgehead atoms. The molecule has 0 aromatic rings. The fraction of sp³-hybridized carbons (Fsp3) is 1.00. The maximum Gasteiger partial charge on any atom is 0.170 e. The Hall–Kier alpha value is -0.210. The summed E-state index contributed by atoms with van der Waals surface area (Å²) >= 11 is 0. The third-order valence-corrected chi connectivity index (χ3v) is 4.99. The lowest BCUT2D eigenvalue weighted by Gasteiger charge is -2.43. The van der Waals surface area contributed by atoms with Gasteiger partial charge in [-0.1, -0.05) is 0 Å². The summed E-state index contributed by atoms with van der Waals surface area (Å²) in [5, 5.41) is 0. The van der Waals surface area contributed by atoms with Crippen LogP contribution in [0.2, 0.25) is 0 Å². The Balaban J connectivity index is 1.96. The maximum absolute atomic E-state index is 11.2. The van der Waals surface area contributed by atoms with Gasteiger partial charge in [0.15, 0.2) is 5.79 Å². The molecule has 2 rings (SSSR count). The zero-order valence-electron chi connectivity index (χ0n) is 11.7. The van der Waals surface area contributed by atoms with E-state index < -0.39 is 15.6 Å². The highest BCUT2D eigenvalue weighted by Gasteiger charge is 2.45. The first kappa shape index (κ1) is 15.2. The van der Waals surface area contributed by atoms with Crippen LogP contribution in [0, 0.1) is 0 Å². The van der Waals surface area contributed by atoms with Gasteiger partial charge < -0.3 is 20.1 Å². The van der Waals surface area contributed by atoms with Crippen LogP contribution in [0.15, 0.2) is 0 Å². The monoisotopic (exact) mass is 292 g/mol. The van der Waals surface area contributed by atoms with Gasteiger partial charge in [-0.15, -0.1) is 0 Å². The van der Waals surface area contributed by atoms with Gasteiger partial charge in [0.05, 0.1) is 19.0 Å². The molecule has 1 spiro atoms. The van der Waals surface area contributed by atoms with Crippen molar-refractivity contribution in [2.24, 2.45) is 5.73 Å². The molecule has 2 atom stereocenters. The highest BCUT2D eigenvalue weighted by Crippen LogP contribution is 2.36. The first-order valence-corrected chi connectivity index (χ1v) is 8.79. The molecule has 2 unspecified atom stereocenters. The zero-order valence-corrected chi connectivity index (χ0v) is 12.5. The topological polar surface area (TPSA) is 81.9 Å². The van der Waals surface area contributed by atoms with Crippen molar-refractivity contribution in [1.29, 1.82) is 0 Å². The molecule has 6 nitrogen and oxygen atoms in total. The summed E-state index contributed by atoms with van der Waals surface area (Å²) < 4.78 is 34.0. The molecule has 2 aliphatic rings. The SMILES string of the molecule is CN(CCS(C)(=O)=O)C1CC2(CCC1N)OCCO2. The molecule has 1 aliphatic carbocycles. The molecule has 0 amide bonds. The number of hydrogen-bond donors (Lipinski definition) is 1. The van der Waals surface area contributed by atoms with Crippen LogP contribution >= 0.6 is 0 Å². The van der Waals surface area contributed by atoms with E-state index in [1.807, 2.05) is 11.9 Å². The summed E-state index contributed by atoms with van der Waals surface area (Å²) in [6.07, 6.45) is 3.64. The number of likely N-dealkylation sites (N-methyl/N-ethyl adjacent to an activating group) is 1. The van der Waals surface area contributed by atoms with Gasteiger partial charge >= 0.3 is 0 Å². The molecular weight excluding hydrogens is 268 g/mol. The van der Waals surface area contributed by atoms with Crippen molar-refractivity contribution < 1.29 is 17.9 Å². The van der Waals surface area contributed by atoms with E-state index in [9.17, 15) is 8.42 Å². The van der Waals surface area contributed by atoms with Gasteiger partial charge in [-0.2, -0.15) is 0 Å². The average Bonchev–Trinajstić information content (AvgIpc) is 2.77. The summed E-state index contributed by atoms with van der Waals surface area (Å²) in [6, 6.07) is 0.150. The molecule has 2 fully saturated rings. The van der Waals surface area contributed by atoms with E-state index in [-0.39, 0.29) is 17.8 Å². The molecular formula is C12H24N2O4S. The minimum atomic E-state index is -2.95. The molecule has 0 radical (unpaired) electrons. The van der Waals surface area contributed by atoms with Gasteiger partial charge in [-0.25, -0.2) is 8.42 Å². The predicted octanol–water partition coefficient (Wildman–Crippen LogP) is -0.414. The van der Waals surface area contributed by atoms with Crippen LogP contribution in [0.3, 0.4) is 0 Å². The first-order valence-electron chi connectivity index (χ1n) is 6.73. The average molecular weight is 292 g/mol.